The molecule has 0 aliphatic heterocycles. The van der Waals surface area contributed by atoms with Crippen LogP contribution >= 0.6 is 11.3 Å². The van der Waals surface area contributed by atoms with Gasteiger partial charge in [-0.15, -0.1) is 0 Å². The number of anilines is 2. The molecule has 0 bridgehead atoms. The number of carbonyl (C=O) groups excluding carboxylic acids is 1. The summed E-state index contributed by atoms with van der Waals surface area (Å²) in [7, 11) is 0. The van der Waals surface area contributed by atoms with Gasteiger partial charge in [-0.2, -0.15) is 4.39 Å². The zero-order valence-corrected chi connectivity index (χ0v) is 10.1. The van der Waals surface area contributed by atoms with Gasteiger partial charge in [0.1, 0.15) is 4.88 Å². The molecule has 0 spiro atoms. The Morgan fingerprint density at radius 1 is 1.53 bits per heavy atom. The van der Waals surface area contributed by atoms with Crippen LogP contribution in [0.3, 0.4) is 0 Å². The summed E-state index contributed by atoms with van der Waals surface area (Å²) in [6, 6.07) is 3.08. The largest absolute Gasteiger partial charge is 0.375 e. The Balaban J connectivity index is 2.22. The van der Waals surface area contributed by atoms with E-state index < -0.39 is 22.3 Å². The van der Waals surface area contributed by atoms with E-state index in [1.807, 2.05) is 0 Å². The molecule has 3 N–H and O–H groups in total. The number of hydrogen-bond acceptors (Lipinski definition) is 6. The van der Waals surface area contributed by atoms with Gasteiger partial charge in [0, 0.05) is 11.8 Å². The van der Waals surface area contributed by atoms with E-state index in [1.165, 1.54) is 12.3 Å². The summed E-state index contributed by atoms with van der Waals surface area (Å²) >= 11 is 0.975. The first-order valence-corrected chi connectivity index (χ1v) is 5.75. The highest BCUT2D eigenvalue weighted by Crippen LogP contribution is 2.23. The van der Waals surface area contributed by atoms with Gasteiger partial charge in [-0.1, -0.05) is 11.3 Å². The fourth-order valence-electron chi connectivity index (χ4n) is 1.32. The van der Waals surface area contributed by atoms with Gasteiger partial charge in [0.05, 0.1) is 11.1 Å². The van der Waals surface area contributed by atoms with Crippen LogP contribution in [0.15, 0.2) is 24.4 Å². The summed E-state index contributed by atoms with van der Waals surface area (Å²) in [6.07, 6.45) is 1.28. The van der Waals surface area contributed by atoms with E-state index in [-0.39, 0.29) is 15.7 Å². The molecular formula is C10H7FN4O3S. The number of amides is 1. The predicted octanol–water partition coefficient (Wildman–Crippen LogP) is 2.02. The van der Waals surface area contributed by atoms with Crippen molar-refractivity contribution in [2.24, 2.45) is 0 Å². The number of hydrogen-bond donors (Lipinski definition) is 2. The lowest BCUT2D eigenvalue weighted by Crippen LogP contribution is -2.10. The molecule has 9 heteroatoms. The Bertz CT molecular complexity index is 658. The summed E-state index contributed by atoms with van der Waals surface area (Å²) in [5.74, 6) is -1.49. The number of nitrogen functional groups attached to an aromatic ring is 1. The topological polar surface area (TPSA) is 111 Å². The summed E-state index contributed by atoms with van der Waals surface area (Å²) in [6.45, 7) is 0. The SMILES string of the molecule is Nc1ncc(C(=O)Nc2ccc(F)c([N+](=O)[O-])c2)s1. The van der Waals surface area contributed by atoms with E-state index in [4.69, 9.17) is 5.73 Å². The molecule has 2 aromatic rings. The van der Waals surface area contributed by atoms with E-state index in [0.717, 1.165) is 23.5 Å². The molecule has 7 nitrogen and oxygen atoms in total. The third-order valence-corrected chi connectivity index (χ3v) is 2.97. The minimum Gasteiger partial charge on any atom is -0.375 e. The van der Waals surface area contributed by atoms with Crippen LogP contribution in [0.1, 0.15) is 9.67 Å². The second-order valence-electron chi connectivity index (χ2n) is 3.44. The van der Waals surface area contributed by atoms with Crippen molar-refractivity contribution in [1.82, 2.24) is 4.98 Å². The molecule has 0 radical (unpaired) electrons. The van der Waals surface area contributed by atoms with Crippen LogP contribution in [0, 0.1) is 15.9 Å². The Morgan fingerprint density at radius 2 is 2.26 bits per heavy atom. The van der Waals surface area contributed by atoms with Gasteiger partial charge in [0.15, 0.2) is 5.13 Å². The molecule has 0 fully saturated rings. The molecule has 0 aliphatic rings. The number of nitro benzene ring substituents is 1. The van der Waals surface area contributed by atoms with Gasteiger partial charge >= 0.3 is 5.69 Å². The van der Waals surface area contributed by atoms with Crippen LogP contribution in [0.25, 0.3) is 0 Å². The fraction of sp³-hybridized carbons (Fsp3) is 0. The predicted molar refractivity (Wildman–Crippen MR) is 67.5 cm³/mol. The Morgan fingerprint density at radius 3 is 2.84 bits per heavy atom. The highest BCUT2D eigenvalue weighted by molar-refractivity contribution is 7.17. The third kappa shape index (κ3) is 2.83. The van der Waals surface area contributed by atoms with Crippen molar-refractivity contribution in [3.63, 3.8) is 0 Å². The molecule has 2 rings (SSSR count). The van der Waals surface area contributed by atoms with Gasteiger partial charge in [-0.05, 0) is 12.1 Å². The van der Waals surface area contributed by atoms with Gasteiger partial charge in [0.25, 0.3) is 5.91 Å². The van der Waals surface area contributed by atoms with Crippen LogP contribution < -0.4 is 11.1 Å². The van der Waals surface area contributed by atoms with E-state index in [9.17, 15) is 19.3 Å². The number of benzene rings is 1. The molecule has 1 aromatic carbocycles. The molecular weight excluding hydrogens is 275 g/mol. The monoisotopic (exact) mass is 282 g/mol. The Kier molecular flexibility index (Phi) is 3.38. The highest BCUT2D eigenvalue weighted by Gasteiger charge is 2.16. The van der Waals surface area contributed by atoms with Crippen LogP contribution in [0.2, 0.25) is 0 Å². The molecule has 0 unspecified atom stereocenters. The van der Waals surface area contributed by atoms with Crippen molar-refractivity contribution in [1.29, 1.82) is 0 Å². The number of aromatic nitrogens is 1. The van der Waals surface area contributed by atoms with Gasteiger partial charge in [-0.25, -0.2) is 4.98 Å². The molecule has 1 heterocycles. The summed E-state index contributed by atoms with van der Waals surface area (Å²) in [5, 5.41) is 13.2. The van der Waals surface area contributed by atoms with Crippen molar-refractivity contribution < 1.29 is 14.1 Å². The fourth-order valence-corrected chi connectivity index (χ4v) is 1.90. The molecule has 0 saturated heterocycles. The lowest BCUT2D eigenvalue weighted by molar-refractivity contribution is -0.387. The normalized spacial score (nSPS) is 10.2. The first kappa shape index (κ1) is 12.9. The summed E-state index contributed by atoms with van der Waals surface area (Å²) in [4.78, 5) is 25.4. The van der Waals surface area contributed by atoms with E-state index in [1.54, 1.807) is 0 Å². The second-order valence-corrected chi connectivity index (χ2v) is 4.50. The number of carbonyl (C=O) groups is 1. The van der Waals surface area contributed by atoms with Gasteiger partial charge in [0.2, 0.25) is 5.82 Å². The van der Waals surface area contributed by atoms with Crippen LogP contribution in [-0.4, -0.2) is 15.8 Å². The van der Waals surface area contributed by atoms with Crippen molar-refractivity contribution in [3.05, 3.63) is 45.2 Å². The number of nitro groups is 1. The number of halogens is 1. The second kappa shape index (κ2) is 4.98. The minimum atomic E-state index is -0.968. The van der Waals surface area contributed by atoms with Crippen molar-refractivity contribution >= 4 is 33.8 Å². The van der Waals surface area contributed by atoms with Gasteiger partial charge in [-0.3, -0.25) is 14.9 Å². The van der Waals surface area contributed by atoms with Crippen LogP contribution in [-0.2, 0) is 0 Å². The number of rotatable bonds is 3. The molecule has 19 heavy (non-hydrogen) atoms. The molecule has 1 amide bonds. The van der Waals surface area contributed by atoms with E-state index in [2.05, 4.69) is 10.3 Å². The molecule has 1 aromatic heterocycles. The van der Waals surface area contributed by atoms with Gasteiger partial charge < -0.3 is 11.1 Å². The Hall–Kier alpha value is -2.55. The first-order chi connectivity index (χ1) is 8.97. The maximum absolute atomic E-state index is 13.1. The number of nitrogens with zero attached hydrogens (tertiary/aromatic N) is 2. The minimum absolute atomic E-state index is 0.116. The molecule has 0 aliphatic carbocycles. The number of thiazole rings is 1. The standard InChI is InChI=1S/C10H7FN4O3S/c11-6-2-1-5(3-7(6)15(17)18)14-9(16)8-4-13-10(12)19-8/h1-4H,(H2,12,13)(H,14,16). The summed E-state index contributed by atoms with van der Waals surface area (Å²) in [5.41, 5.74) is 4.79. The first-order valence-electron chi connectivity index (χ1n) is 4.94. The summed E-state index contributed by atoms with van der Waals surface area (Å²) < 4.78 is 13.1. The maximum Gasteiger partial charge on any atom is 0.306 e. The number of nitrogens with two attached hydrogens (primary N) is 1. The van der Waals surface area contributed by atoms with E-state index in [0.29, 0.717) is 0 Å². The zero-order chi connectivity index (χ0) is 14.0. The average molecular weight is 282 g/mol. The molecule has 98 valence electrons. The zero-order valence-electron chi connectivity index (χ0n) is 9.29. The Labute approximate surface area is 110 Å². The van der Waals surface area contributed by atoms with Crippen molar-refractivity contribution in [3.8, 4) is 0 Å². The lowest BCUT2D eigenvalue weighted by atomic mass is 10.2. The maximum atomic E-state index is 13.1. The van der Waals surface area contributed by atoms with Crippen molar-refractivity contribution in [2.45, 2.75) is 0 Å². The lowest BCUT2D eigenvalue weighted by Gasteiger charge is -2.03. The molecule has 0 saturated carbocycles. The third-order valence-electron chi connectivity index (χ3n) is 2.15. The smallest absolute Gasteiger partial charge is 0.306 e. The van der Waals surface area contributed by atoms with E-state index >= 15 is 0 Å². The molecule has 0 atom stereocenters. The number of nitrogens with one attached hydrogen (secondary N) is 1. The van der Waals surface area contributed by atoms with Crippen molar-refractivity contribution in [2.75, 3.05) is 11.1 Å². The quantitative estimate of drug-likeness (QED) is 0.660. The highest BCUT2D eigenvalue weighted by atomic mass is 32.1. The van der Waals surface area contributed by atoms with Crippen LogP contribution in [0.4, 0.5) is 20.9 Å². The van der Waals surface area contributed by atoms with Crippen LogP contribution in [0.5, 0.6) is 0 Å². The average Bonchev–Trinajstić information content (AvgIpc) is 2.78.